The fourth-order valence-electron chi connectivity index (χ4n) is 2.48. The third-order valence-corrected chi connectivity index (χ3v) is 3.68. The second-order valence-corrected chi connectivity index (χ2v) is 5.02. The van der Waals surface area contributed by atoms with Crippen molar-refractivity contribution in [3.63, 3.8) is 0 Å². The van der Waals surface area contributed by atoms with Gasteiger partial charge in [0.25, 0.3) is 0 Å². The van der Waals surface area contributed by atoms with Crippen molar-refractivity contribution in [2.45, 2.75) is 19.5 Å². The molecule has 0 saturated heterocycles. The molecule has 21 heavy (non-hydrogen) atoms. The number of hydrogen-bond donors (Lipinski definition) is 1. The van der Waals surface area contributed by atoms with E-state index in [0.717, 1.165) is 6.54 Å². The molecule has 0 bridgehead atoms. The highest BCUT2D eigenvalue weighted by Crippen LogP contribution is 2.19. The highest BCUT2D eigenvalue weighted by molar-refractivity contribution is 5.85. The van der Waals surface area contributed by atoms with Gasteiger partial charge in [0.15, 0.2) is 0 Å². The molecule has 2 aromatic carbocycles. The molecule has 3 aromatic rings. The van der Waals surface area contributed by atoms with Crippen LogP contribution in [0.3, 0.4) is 0 Å². The summed E-state index contributed by atoms with van der Waals surface area (Å²) in [5, 5.41) is 6.20. The van der Waals surface area contributed by atoms with Crippen molar-refractivity contribution >= 4 is 23.2 Å². The lowest BCUT2D eigenvalue weighted by Crippen LogP contribution is -2.18. The van der Waals surface area contributed by atoms with Crippen LogP contribution in [0.2, 0.25) is 0 Å². The number of aromatic nitrogens is 1. The van der Waals surface area contributed by atoms with Crippen LogP contribution < -0.4 is 5.32 Å². The highest BCUT2D eigenvalue weighted by atomic mass is 35.5. The van der Waals surface area contributed by atoms with Gasteiger partial charge in [-0.2, -0.15) is 0 Å². The maximum Gasteiger partial charge on any atom is 0.0296 e. The Labute approximate surface area is 131 Å². The quantitative estimate of drug-likeness (QED) is 0.766. The zero-order valence-corrected chi connectivity index (χ0v) is 12.8. The highest BCUT2D eigenvalue weighted by Gasteiger charge is 2.05. The van der Waals surface area contributed by atoms with Crippen LogP contribution in [0.1, 0.15) is 24.1 Å². The Bertz CT molecular complexity index is 692. The molecule has 0 aliphatic carbocycles. The van der Waals surface area contributed by atoms with Gasteiger partial charge in [-0.25, -0.2) is 0 Å². The predicted molar refractivity (Wildman–Crippen MR) is 90.7 cm³/mol. The monoisotopic (exact) mass is 298 g/mol. The Morgan fingerprint density at radius 3 is 2.48 bits per heavy atom. The number of pyridine rings is 1. The Morgan fingerprint density at radius 2 is 1.67 bits per heavy atom. The number of nitrogens with one attached hydrogen (secondary N) is 1. The first-order valence-electron chi connectivity index (χ1n) is 6.94. The van der Waals surface area contributed by atoms with Gasteiger partial charge in [-0.15, -0.1) is 12.4 Å². The van der Waals surface area contributed by atoms with Crippen LogP contribution in [0, 0.1) is 0 Å². The molecular weight excluding hydrogens is 280 g/mol. The summed E-state index contributed by atoms with van der Waals surface area (Å²) in [4.78, 5) is 4.06. The minimum absolute atomic E-state index is 0. The number of nitrogens with zero attached hydrogens (tertiary/aromatic N) is 1. The van der Waals surface area contributed by atoms with Crippen LogP contribution in [0.5, 0.6) is 0 Å². The van der Waals surface area contributed by atoms with Crippen molar-refractivity contribution in [3.8, 4) is 0 Å². The van der Waals surface area contributed by atoms with E-state index in [0.29, 0.717) is 6.04 Å². The van der Waals surface area contributed by atoms with Gasteiger partial charge < -0.3 is 5.32 Å². The molecule has 0 aliphatic heterocycles. The fourth-order valence-corrected chi connectivity index (χ4v) is 2.48. The standard InChI is InChI=1S/C18H18N2.ClH/c1-14(15-9-11-19-12-10-15)20-13-17-7-4-6-16-5-2-3-8-18(16)17;/h2-12,14,20H,13H2,1H3;1H. The zero-order chi connectivity index (χ0) is 13.8. The number of benzene rings is 2. The van der Waals surface area contributed by atoms with Crippen molar-refractivity contribution in [2.24, 2.45) is 0 Å². The van der Waals surface area contributed by atoms with E-state index in [1.165, 1.54) is 21.9 Å². The smallest absolute Gasteiger partial charge is 0.0296 e. The van der Waals surface area contributed by atoms with Gasteiger partial charge in [-0.05, 0) is 41.0 Å². The minimum Gasteiger partial charge on any atom is -0.306 e. The van der Waals surface area contributed by atoms with Gasteiger partial charge in [0, 0.05) is 25.0 Å². The minimum atomic E-state index is 0. The summed E-state index contributed by atoms with van der Waals surface area (Å²) < 4.78 is 0. The molecule has 0 fully saturated rings. The maximum atomic E-state index is 4.06. The second-order valence-electron chi connectivity index (χ2n) is 5.02. The number of fused-ring (bicyclic) bond motifs is 1. The summed E-state index contributed by atoms with van der Waals surface area (Å²) in [6.45, 7) is 3.05. The average Bonchev–Trinajstić information content (AvgIpc) is 2.53. The van der Waals surface area contributed by atoms with Gasteiger partial charge in [0.05, 0.1) is 0 Å². The molecule has 0 saturated carbocycles. The molecule has 0 radical (unpaired) electrons. The summed E-state index contributed by atoms with van der Waals surface area (Å²) in [5.74, 6) is 0. The van der Waals surface area contributed by atoms with Crippen LogP contribution in [-0.2, 0) is 6.54 Å². The molecule has 3 rings (SSSR count). The second kappa shape index (κ2) is 7.21. The van der Waals surface area contributed by atoms with Crippen LogP contribution in [0.25, 0.3) is 10.8 Å². The summed E-state index contributed by atoms with van der Waals surface area (Å²) in [7, 11) is 0. The van der Waals surface area contributed by atoms with Gasteiger partial charge >= 0.3 is 0 Å². The largest absolute Gasteiger partial charge is 0.306 e. The lowest BCUT2D eigenvalue weighted by Gasteiger charge is -2.15. The average molecular weight is 299 g/mol. The van der Waals surface area contributed by atoms with Crippen molar-refractivity contribution in [1.82, 2.24) is 10.3 Å². The first-order chi connectivity index (χ1) is 9.84. The first kappa shape index (κ1) is 15.5. The molecule has 0 aliphatic rings. The molecule has 0 spiro atoms. The van der Waals surface area contributed by atoms with E-state index < -0.39 is 0 Å². The molecule has 1 aromatic heterocycles. The maximum absolute atomic E-state index is 4.06. The van der Waals surface area contributed by atoms with E-state index >= 15 is 0 Å². The van der Waals surface area contributed by atoms with Crippen LogP contribution in [0.4, 0.5) is 0 Å². The Kier molecular flexibility index (Phi) is 5.32. The molecule has 2 nitrogen and oxygen atoms in total. The molecule has 1 N–H and O–H groups in total. The lowest BCUT2D eigenvalue weighted by atomic mass is 10.0. The van der Waals surface area contributed by atoms with Gasteiger partial charge in [-0.3, -0.25) is 4.98 Å². The third-order valence-electron chi connectivity index (χ3n) is 3.68. The topological polar surface area (TPSA) is 24.9 Å². The van der Waals surface area contributed by atoms with E-state index in [9.17, 15) is 0 Å². The molecule has 1 unspecified atom stereocenters. The van der Waals surface area contributed by atoms with E-state index in [4.69, 9.17) is 0 Å². The summed E-state index contributed by atoms with van der Waals surface area (Å²) >= 11 is 0. The molecule has 3 heteroatoms. The van der Waals surface area contributed by atoms with Crippen molar-refractivity contribution in [2.75, 3.05) is 0 Å². The van der Waals surface area contributed by atoms with E-state index in [1.54, 1.807) is 0 Å². The SMILES string of the molecule is CC(NCc1cccc2ccccc12)c1ccncc1.Cl. The van der Waals surface area contributed by atoms with Crippen molar-refractivity contribution < 1.29 is 0 Å². The summed E-state index contributed by atoms with van der Waals surface area (Å²) in [5.41, 5.74) is 2.60. The number of halogens is 1. The van der Waals surface area contributed by atoms with E-state index in [1.807, 2.05) is 12.4 Å². The third kappa shape index (κ3) is 3.60. The number of hydrogen-bond acceptors (Lipinski definition) is 2. The molecule has 1 heterocycles. The molecular formula is C18H19ClN2. The molecule has 108 valence electrons. The Balaban J connectivity index is 0.00000161. The summed E-state index contributed by atoms with van der Waals surface area (Å²) in [6, 6.07) is 19.4. The van der Waals surface area contributed by atoms with Crippen LogP contribution in [0.15, 0.2) is 67.0 Å². The Morgan fingerprint density at radius 1 is 0.952 bits per heavy atom. The molecule has 1 atom stereocenters. The fraction of sp³-hybridized carbons (Fsp3) is 0.167. The van der Waals surface area contributed by atoms with Gasteiger partial charge in [0.2, 0.25) is 0 Å². The normalized spacial score (nSPS) is 11.9. The van der Waals surface area contributed by atoms with E-state index in [-0.39, 0.29) is 12.4 Å². The van der Waals surface area contributed by atoms with Gasteiger partial charge in [0.1, 0.15) is 0 Å². The predicted octanol–water partition coefficient (Wildman–Crippen LogP) is 4.51. The number of rotatable bonds is 4. The first-order valence-corrected chi connectivity index (χ1v) is 6.94. The van der Waals surface area contributed by atoms with Crippen molar-refractivity contribution in [1.29, 1.82) is 0 Å². The lowest BCUT2D eigenvalue weighted by molar-refractivity contribution is 0.576. The van der Waals surface area contributed by atoms with Crippen LogP contribution in [-0.4, -0.2) is 4.98 Å². The Hall–Kier alpha value is -1.90. The van der Waals surface area contributed by atoms with Crippen LogP contribution >= 0.6 is 12.4 Å². The van der Waals surface area contributed by atoms with Gasteiger partial charge in [-0.1, -0.05) is 42.5 Å². The molecule has 0 amide bonds. The van der Waals surface area contributed by atoms with E-state index in [2.05, 4.69) is 71.8 Å². The summed E-state index contributed by atoms with van der Waals surface area (Å²) in [6.07, 6.45) is 3.68. The van der Waals surface area contributed by atoms with Crippen molar-refractivity contribution in [3.05, 3.63) is 78.1 Å². The zero-order valence-electron chi connectivity index (χ0n) is 12.0.